The van der Waals surface area contributed by atoms with Crippen molar-refractivity contribution < 1.29 is 19.1 Å². The van der Waals surface area contributed by atoms with Crippen LogP contribution in [0.4, 0.5) is 5.69 Å². The van der Waals surface area contributed by atoms with Crippen LogP contribution >= 0.6 is 11.8 Å². The van der Waals surface area contributed by atoms with Crippen LogP contribution in [0.3, 0.4) is 0 Å². The number of para-hydroxylation sites is 1. The van der Waals surface area contributed by atoms with Crippen LogP contribution in [0, 0.1) is 0 Å². The van der Waals surface area contributed by atoms with Crippen molar-refractivity contribution in [3.05, 3.63) is 59.7 Å². The number of nitrogens with one attached hydrogen (secondary N) is 1. The van der Waals surface area contributed by atoms with Crippen molar-refractivity contribution in [3.8, 4) is 0 Å². The van der Waals surface area contributed by atoms with Crippen LogP contribution in [0.15, 0.2) is 53.4 Å². The van der Waals surface area contributed by atoms with Crippen molar-refractivity contribution in [1.29, 1.82) is 0 Å². The smallest absolute Gasteiger partial charge is 0.325 e. The van der Waals surface area contributed by atoms with Crippen molar-refractivity contribution in [2.24, 2.45) is 0 Å². The van der Waals surface area contributed by atoms with Crippen LogP contribution < -0.4 is 10.2 Å². The third-order valence-electron chi connectivity index (χ3n) is 5.31. The molecule has 6 nitrogen and oxygen atoms in total. The Morgan fingerprint density at radius 3 is 2.47 bits per heavy atom. The number of hydrogen-bond acceptors (Lipinski definition) is 5. The number of esters is 1. The SMILES string of the molecule is C[C@H]1CCN(C(=O)COC(=O)CNC(=O)c2ccc(C(C)(C)C)cc2)c2ccccc2S1. The highest BCUT2D eigenvalue weighted by Gasteiger charge is 2.25. The maximum Gasteiger partial charge on any atom is 0.325 e. The largest absolute Gasteiger partial charge is 0.454 e. The summed E-state index contributed by atoms with van der Waals surface area (Å²) in [7, 11) is 0. The summed E-state index contributed by atoms with van der Waals surface area (Å²) in [5, 5.41) is 2.94. The average Bonchev–Trinajstić information content (AvgIpc) is 2.93. The lowest BCUT2D eigenvalue weighted by Crippen LogP contribution is -2.37. The minimum Gasteiger partial charge on any atom is -0.454 e. The number of amides is 2. The zero-order chi connectivity index (χ0) is 23.3. The van der Waals surface area contributed by atoms with E-state index in [1.165, 1.54) is 0 Å². The Balaban J connectivity index is 1.51. The Hall–Kier alpha value is -2.80. The molecule has 1 N–H and O–H groups in total. The van der Waals surface area contributed by atoms with Gasteiger partial charge < -0.3 is 15.0 Å². The number of carbonyl (C=O) groups excluding carboxylic acids is 3. The van der Waals surface area contributed by atoms with Gasteiger partial charge in [0.15, 0.2) is 6.61 Å². The van der Waals surface area contributed by atoms with Gasteiger partial charge in [0.1, 0.15) is 6.54 Å². The second-order valence-electron chi connectivity index (χ2n) is 8.90. The standard InChI is InChI=1S/C25H30N2O4S/c1-17-13-14-27(20-7-5-6-8-21(20)32-17)22(28)16-31-23(29)15-26-24(30)18-9-11-19(12-10-18)25(2,3)4/h5-12,17H,13-16H2,1-4H3,(H,26,30)/t17-/m0/s1. The van der Waals surface area contributed by atoms with Gasteiger partial charge in [-0.3, -0.25) is 14.4 Å². The summed E-state index contributed by atoms with van der Waals surface area (Å²) >= 11 is 1.74. The van der Waals surface area contributed by atoms with E-state index in [1.807, 2.05) is 36.4 Å². The molecule has 1 heterocycles. The van der Waals surface area contributed by atoms with Crippen LogP contribution in [0.25, 0.3) is 0 Å². The predicted molar refractivity (Wildman–Crippen MR) is 127 cm³/mol. The topological polar surface area (TPSA) is 75.7 Å². The van der Waals surface area contributed by atoms with E-state index in [-0.39, 0.29) is 30.4 Å². The van der Waals surface area contributed by atoms with Crippen LogP contribution in [0.2, 0.25) is 0 Å². The Bertz CT molecular complexity index is 982. The molecule has 0 spiro atoms. The van der Waals surface area contributed by atoms with Gasteiger partial charge in [0.2, 0.25) is 0 Å². The summed E-state index contributed by atoms with van der Waals surface area (Å²) in [6.45, 7) is 8.35. The first-order valence-corrected chi connectivity index (χ1v) is 11.6. The van der Waals surface area contributed by atoms with Gasteiger partial charge in [0.05, 0.1) is 5.69 Å². The second-order valence-corrected chi connectivity index (χ2v) is 10.4. The van der Waals surface area contributed by atoms with Crippen molar-refractivity contribution in [1.82, 2.24) is 5.32 Å². The van der Waals surface area contributed by atoms with Crippen molar-refractivity contribution >= 4 is 35.2 Å². The number of nitrogens with zero attached hydrogens (tertiary/aromatic N) is 1. The van der Waals surface area contributed by atoms with Gasteiger partial charge in [0, 0.05) is 22.3 Å². The summed E-state index contributed by atoms with van der Waals surface area (Å²) in [5.41, 5.74) is 2.43. The quantitative estimate of drug-likeness (QED) is 0.686. The molecule has 1 atom stereocenters. The zero-order valence-corrected chi connectivity index (χ0v) is 19.8. The molecular weight excluding hydrogens is 424 g/mol. The molecule has 2 aromatic rings. The first kappa shape index (κ1) is 23.9. The number of benzene rings is 2. The molecule has 0 aromatic heterocycles. The van der Waals surface area contributed by atoms with E-state index in [1.54, 1.807) is 28.8 Å². The number of hydrogen-bond donors (Lipinski definition) is 1. The molecule has 0 aliphatic carbocycles. The van der Waals surface area contributed by atoms with Gasteiger partial charge in [-0.05, 0) is 41.7 Å². The molecule has 170 valence electrons. The zero-order valence-electron chi connectivity index (χ0n) is 19.0. The Kier molecular flexibility index (Phi) is 7.61. The van der Waals surface area contributed by atoms with E-state index in [0.717, 1.165) is 22.6 Å². The van der Waals surface area contributed by atoms with Gasteiger partial charge in [-0.25, -0.2) is 0 Å². The van der Waals surface area contributed by atoms with Crippen LogP contribution in [0.1, 0.15) is 50.0 Å². The highest BCUT2D eigenvalue weighted by Crippen LogP contribution is 2.37. The van der Waals surface area contributed by atoms with Crippen molar-refractivity contribution in [2.75, 3.05) is 24.6 Å². The van der Waals surface area contributed by atoms with Crippen LogP contribution in [-0.2, 0) is 19.7 Å². The third kappa shape index (κ3) is 6.13. The van der Waals surface area contributed by atoms with E-state index in [0.29, 0.717) is 17.4 Å². The van der Waals surface area contributed by atoms with Crippen molar-refractivity contribution in [3.63, 3.8) is 0 Å². The first-order chi connectivity index (χ1) is 15.1. The second kappa shape index (κ2) is 10.2. The minimum absolute atomic E-state index is 0.00400. The molecule has 0 saturated heterocycles. The first-order valence-electron chi connectivity index (χ1n) is 10.8. The molecule has 2 aromatic carbocycles. The lowest BCUT2D eigenvalue weighted by atomic mass is 9.87. The molecule has 1 aliphatic heterocycles. The molecule has 2 amide bonds. The molecule has 0 unspecified atom stereocenters. The van der Waals surface area contributed by atoms with Gasteiger partial charge in [-0.1, -0.05) is 52.0 Å². The third-order valence-corrected chi connectivity index (χ3v) is 6.54. The molecule has 0 fully saturated rings. The van der Waals surface area contributed by atoms with E-state index in [9.17, 15) is 14.4 Å². The Morgan fingerprint density at radius 2 is 1.78 bits per heavy atom. The number of thioether (sulfide) groups is 1. The van der Waals surface area contributed by atoms with E-state index < -0.39 is 5.97 Å². The van der Waals surface area contributed by atoms with E-state index in [2.05, 4.69) is 33.0 Å². The van der Waals surface area contributed by atoms with Crippen LogP contribution in [0.5, 0.6) is 0 Å². The summed E-state index contributed by atoms with van der Waals surface area (Å²) in [6, 6.07) is 15.0. The number of fused-ring (bicyclic) bond motifs is 1. The maximum absolute atomic E-state index is 12.7. The fourth-order valence-corrected chi connectivity index (χ4v) is 4.51. The summed E-state index contributed by atoms with van der Waals surface area (Å²) in [6.07, 6.45) is 0.850. The Labute approximate surface area is 193 Å². The molecule has 0 saturated carbocycles. The molecule has 0 radical (unpaired) electrons. The minimum atomic E-state index is -0.649. The molecule has 0 bridgehead atoms. The average molecular weight is 455 g/mol. The Morgan fingerprint density at radius 1 is 1.09 bits per heavy atom. The summed E-state index contributed by atoms with van der Waals surface area (Å²) in [4.78, 5) is 39.9. The van der Waals surface area contributed by atoms with E-state index >= 15 is 0 Å². The number of ether oxygens (including phenoxy) is 1. The lowest BCUT2D eigenvalue weighted by molar-refractivity contribution is -0.146. The molecule has 7 heteroatoms. The van der Waals surface area contributed by atoms with Gasteiger partial charge in [-0.15, -0.1) is 11.8 Å². The van der Waals surface area contributed by atoms with E-state index in [4.69, 9.17) is 4.74 Å². The van der Waals surface area contributed by atoms with Gasteiger partial charge >= 0.3 is 5.97 Å². The highest BCUT2D eigenvalue weighted by atomic mass is 32.2. The van der Waals surface area contributed by atoms with Gasteiger partial charge in [-0.2, -0.15) is 0 Å². The summed E-state index contributed by atoms with van der Waals surface area (Å²) < 4.78 is 5.14. The fraction of sp³-hybridized carbons (Fsp3) is 0.400. The number of carbonyl (C=O) groups is 3. The fourth-order valence-electron chi connectivity index (χ4n) is 3.39. The van der Waals surface area contributed by atoms with Crippen LogP contribution in [-0.4, -0.2) is 42.7 Å². The van der Waals surface area contributed by atoms with Crippen molar-refractivity contribution in [2.45, 2.75) is 49.7 Å². The lowest BCUT2D eigenvalue weighted by Gasteiger charge is -2.22. The molecule has 3 rings (SSSR count). The number of anilines is 1. The predicted octanol–water partition coefficient (Wildman–Crippen LogP) is 4.17. The maximum atomic E-state index is 12.7. The highest BCUT2D eigenvalue weighted by molar-refractivity contribution is 8.00. The number of rotatable bonds is 5. The van der Waals surface area contributed by atoms with Gasteiger partial charge in [0.25, 0.3) is 11.8 Å². The molecule has 1 aliphatic rings. The monoisotopic (exact) mass is 454 g/mol. The summed E-state index contributed by atoms with van der Waals surface area (Å²) in [5.74, 6) is -1.28. The molecule has 32 heavy (non-hydrogen) atoms. The normalized spacial score (nSPS) is 16.0. The molecular formula is C25H30N2O4S.